The second-order valence-electron chi connectivity index (χ2n) is 4.51. The van der Waals surface area contributed by atoms with Gasteiger partial charge in [-0.05, 0) is 46.1 Å². The number of benzene rings is 1. The molecular weight excluding hydrogens is 230 g/mol. The van der Waals surface area contributed by atoms with Crippen molar-refractivity contribution in [1.29, 1.82) is 0 Å². The summed E-state index contributed by atoms with van der Waals surface area (Å²) in [4.78, 5) is 12.7. The topological polar surface area (TPSA) is 58.4 Å². The number of nitro benzene ring substituents is 1. The second kappa shape index (κ2) is 7.08. The van der Waals surface area contributed by atoms with Crippen molar-refractivity contribution in [3.63, 3.8) is 0 Å². The largest absolute Gasteiger partial charge is 0.320 e. The third-order valence-corrected chi connectivity index (χ3v) is 3.02. The standard InChI is InChI=1S/C13H21N3O2/c1-11-12(6-4-7-13(11)16(17)18)10-15(3)9-5-8-14-2/h4,6-7,14H,5,8-10H2,1-3H3. The van der Waals surface area contributed by atoms with Gasteiger partial charge in [0.1, 0.15) is 0 Å². The number of hydrogen-bond acceptors (Lipinski definition) is 4. The predicted molar refractivity (Wildman–Crippen MR) is 72.7 cm³/mol. The summed E-state index contributed by atoms with van der Waals surface area (Å²) >= 11 is 0. The van der Waals surface area contributed by atoms with Gasteiger partial charge in [-0.3, -0.25) is 10.1 Å². The molecule has 0 fully saturated rings. The molecule has 0 unspecified atom stereocenters. The Bertz CT molecular complexity index is 407. The quantitative estimate of drug-likeness (QED) is 0.457. The highest BCUT2D eigenvalue weighted by molar-refractivity contribution is 5.44. The van der Waals surface area contributed by atoms with Crippen LogP contribution in [-0.4, -0.2) is 37.0 Å². The lowest BCUT2D eigenvalue weighted by Gasteiger charge is -2.17. The van der Waals surface area contributed by atoms with Gasteiger partial charge in [-0.2, -0.15) is 0 Å². The Hall–Kier alpha value is -1.46. The maximum absolute atomic E-state index is 10.9. The molecule has 0 heterocycles. The Labute approximate surface area is 108 Å². The third kappa shape index (κ3) is 4.09. The maximum atomic E-state index is 10.9. The average Bonchev–Trinajstić information content (AvgIpc) is 2.32. The fourth-order valence-electron chi connectivity index (χ4n) is 1.93. The third-order valence-electron chi connectivity index (χ3n) is 3.02. The highest BCUT2D eigenvalue weighted by Crippen LogP contribution is 2.21. The summed E-state index contributed by atoms with van der Waals surface area (Å²) in [7, 11) is 3.97. The van der Waals surface area contributed by atoms with Crippen LogP contribution in [0.15, 0.2) is 18.2 Å². The van der Waals surface area contributed by atoms with Gasteiger partial charge in [0.2, 0.25) is 0 Å². The summed E-state index contributed by atoms with van der Waals surface area (Å²) < 4.78 is 0. The lowest BCUT2D eigenvalue weighted by atomic mass is 10.1. The first kappa shape index (κ1) is 14.6. The Kier molecular flexibility index (Phi) is 5.74. The molecule has 0 bridgehead atoms. The van der Waals surface area contributed by atoms with Crippen LogP contribution >= 0.6 is 0 Å². The summed E-state index contributed by atoms with van der Waals surface area (Å²) in [5.41, 5.74) is 2.00. The van der Waals surface area contributed by atoms with Gasteiger partial charge in [0.25, 0.3) is 5.69 Å². The minimum Gasteiger partial charge on any atom is -0.320 e. The molecule has 0 aliphatic carbocycles. The first-order valence-corrected chi connectivity index (χ1v) is 6.12. The number of nitrogens with zero attached hydrogens (tertiary/aromatic N) is 2. The summed E-state index contributed by atoms with van der Waals surface area (Å²) in [6, 6.07) is 5.26. The predicted octanol–water partition coefficient (Wildman–Crippen LogP) is 1.94. The molecule has 1 rings (SSSR count). The molecule has 100 valence electrons. The fourth-order valence-corrected chi connectivity index (χ4v) is 1.93. The summed E-state index contributed by atoms with van der Waals surface area (Å²) in [5.74, 6) is 0. The molecule has 0 aliphatic rings. The van der Waals surface area contributed by atoms with E-state index in [0.29, 0.717) is 0 Å². The first-order valence-electron chi connectivity index (χ1n) is 6.12. The zero-order chi connectivity index (χ0) is 13.5. The van der Waals surface area contributed by atoms with E-state index in [-0.39, 0.29) is 10.6 Å². The minimum atomic E-state index is -0.320. The van der Waals surface area contributed by atoms with Gasteiger partial charge in [-0.25, -0.2) is 0 Å². The lowest BCUT2D eigenvalue weighted by molar-refractivity contribution is -0.385. The van der Waals surface area contributed by atoms with Crippen LogP contribution in [0, 0.1) is 17.0 Å². The second-order valence-corrected chi connectivity index (χ2v) is 4.51. The van der Waals surface area contributed by atoms with Gasteiger partial charge in [-0.15, -0.1) is 0 Å². The van der Waals surface area contributed by atoms with E-state index >= 15 is 0 Å². The van der Waals surface area contributed by atoms with Crippen LogP contribution in [0.3, 0.4) is 0 Å². The molecule has 0 aliphatic heterocycles. The number of nitro groups is 1. The van der Waals surface area contributed by atoms with Crippen LogP contribution < -0.4 is 5.32 Å². The minimum absolute atomic E-state index is 0.205. The van der Waals surface area contributed by atoms with E-state index in [1.165, 1.54) is 0 Å². The van der Waals surface area contributed by atoms with Gasteiger partial charge < -0.3 is 10.2 Å². The lowest BCUT2D eigenvalue weighted by Crippen LogP contribution is -2.22. The van der Waals surface area contributed by atoms with E-state index < -0.39 is 0 Å². The van der Waals surface area contributed by atoms with Crippen LogP contribution in [0.2, 0.25) is 0 Å². The number of rotatable bonds is 7. The van der Waals surface area contributed by atoms with E-state index in [1.807, 2.05) is 27.1 Å². The van der Waals surface area contributed by atoms with Crippen molar-refractivity contribution in [2.75, 3.05) is 27.2 Å². The monoisotopic (exact) mass is 251 g/mol. The first-order chi connectivity index (χ1) is 8.56. The Balaban J connectivity index is 2.67. The highest BCUT2D eigenvalue weighted by atomic mass is 16.6. The molecule has 0 aromatic heterocycles. The molecule has 1 N–H and O–H groups in total. The summed E-state index contributed by atoms with van der Waals surface area (Å²) in [6.07, 6.45) is 1.07. The zero-order valence-corrected chi connectivity index (χ0v) is 11.3. The van der Waals surface area contributed by atoms with E-state index in [1.54, 1.807) is 12.1 Å². The molecule has 1 aromatic carbocycles. The van der Waals surface area contributed by atoms with Crippen molar-refractivity contribution in [2.45, 2.75) is 19.9 Å². The van der Waals surface area contributed by atoms with Crippen LogP contribution in [0.25, 0.3) is 0 Å². The average molecular weight is 251 g/mol. The molecule has 0 spiro atoms. The van der Waals surface area contributed by atoms with E-state index in [0.717, 1.165) is 37.2 Å². The van der Waals surface area contributed by atoms with Crippen molar-refractivity contribution in [3.05, 3.63) is 39.4 Å². The molecule has 0 saturated carbocycles. The van der Waals surface area contributed by atoms with Gasteiger partial charge in [0, 0.05) is 18.2 Å². The molecule has 0 amide bonds. The fraction of sp³-hybridized carbons (Fsp3) is 0.538. The van der Waals surface area contributed by atoms with Crippen LogP contribution in [0.4, 0.5) is 5.69 Å². The molecule has 0 saturated heterocycles. The molecular formula is C13H21N3O2. The normalized spacial score (nSPS) is 10.9. The van der Waals surface area contributed by atoms with Crippen LogP contribution in [0.5, 0.6) is 0 Å². The maximum Gasteiger partial charge on any atom is 0.272 e. The number of nitrogens with one attached hydrogen (secondary N) is 1. The van der Waals surface area contributed by atoms with Gasteiger partial charge in [0.15, 0.2) is 0 Å². The van der Waals surface area contributed by atoms with Crippen LogP contribution in [-0.2, 0) is 6.54 Å². The Morgan fingerprint density at radius 1 is 1.44 bits per heavy atom. The molecule has 0 atom stereocenters. The molecule has 1 aromatic rings. The summed E-state index contributed by atoms with van der Waals surface area (Å²) in [6.45, 7) is 4.52. The van der Waals surface area contributed by atoms with Crippen molar-refractivity contribution in [2.24, 2.45) is 0 Å². The molecule has 18 heavy (non-hydrogen) atoms. The van der Waals surface area contributed by atoms with Crippen molar-refractivity contribution >= 4 is 5.69 Å². The van der Waals surface area contributed by atoms with Gasteiger partial charge in [-0.1, -0.05) is 12.1 Å². The van der Waals surface area contributed by atoms with Gasteiger partial charge in [0.05, 0.1) is 4.92 Å². The smallest absolute Gasteiger partial charge is 0.272 e. The Morgan fingerprint density at radius 3 is 2.78 bits per heavy atom. The highest BCUT2D eigenvalue weighted by Gasteiger charge is 2.13. The SMILES string of the molecule is CNCCCN(C)Cc1cccc([N+](=O)[O-])c1C. The number of hydrogen-bond donors (Lipinski definition) is 1. The van der Waals surface area contributed by atoms with E-state index in [9.17, 15) is 10.1 Å². The van der Waals surface area contributed by atoms with Crippen molar-refractivity contribution in [3.8, 4) is 0 Å². The molecule has 0 radical (unpaired) electrons. The molecule has 5 nitrogen and oxygen atoms in total. The molecule has 5 heteroatoms. The van der Waals surface area contributed by atoms with E-state index in [2.05, 4.69) is 10.2 Å². The van der Waals surface area contributed by atoms with E-state index in [4.69, 9.17) is 0 Å². The Morgan fingerprint density at radius 2 is 2.17 bits per heavy atom. The van der Waals surface area contributed by atoms with Crippen molar-refractivity contribution in [1.82, 2.24) is 10.2 Å². The van der Waals surface area contributed by atoms with Gasteiger partial charge >= 0.3 is 0 Å². The van der Waals surface area contributed by atoms with Crippen LogP contribution in [0.1, 0.15) is 17.5 Å². The summed E-state index contributed by atoms with van der Waals surface area (Å²) in [5, 5.41) is 14.0. The van der Waals surface area contributed by atoms with Crippen molar-refractivity contribution < 1.29 is 4.92 Å². The zero-order valence-electron chi connectivity index (χ0n) is 11.3.